The van der Waals surface area contributed by atoms with Crippen LogP contribution in [0, 0.1) is 5.92 Å². The summed E-state index contributed by atoms with van der Waals surface area (Å²) in [6.45, 7) is 9.55. The molecule has 118 valence electrons. The second kappa shape index (κ2) is 9.40. The van der Waals surface area contributed by atoms with Crippen LogP contribution in [0.15, 0.2) is 24.3 Å². The minimum Gasteiger partial charge on any atom is -0.377 e. The first kappa shape index (κ1) is 17.5. The van der Waals surface area contributed by atoms with Gasteiger partial charge in [-0.3, -0.25) is 0 Å². The third-order valence-electron chi connectivity index (χ3n) is 3.28. The Morgan fingerprint density at radius 1 is 1.19 bits per heavy atom. The monoisotopic (exact) mass is 292 g/mol. The molecule has 1 aromatic rings. The summed E-state index contributed by atoms with van der Waals surface area (Å²) < 4.78 is 5.42. The predicted octanol–water partition coefficient (Wildman–Crippen LogP) is 4.17. The Bertz CT molecular complexity index is 433. The zero-order valence-electron chi connectivity index (χ0n) is 13.6. The molecule has 4 nitrogen and oxygen atoms in total. The molecular weight excluding hydrogens is 264 g/mol. The fourth-order valence-electron chi connectivity index (χ4n) is 2.02. The van der Waals surface area contributed by atoms with Crippen LogP contribution in [0.25, 0.3) is 0 Å². The molecule has 1 rings (SSSR count). The van der Waals surface area contributed by atoms with Crippen LogP contribution in [0.2, 0.25) is 0 Å². The lowest BCUT2D eigenvalue weighted by Crippen LogP contribution is -2.36. The smallest absolute Gasteiger partial charge is 0.319 e. The molecule has 2 amide bonds. The van der Waals surface area contributed by atoms with Gasteiger partial charge in [0.05, 0.1) is 6.61 Å². The molecule has 4 heteroatoms. The van der Waals surface area contributed by atoms with Gasteiger partial charge in [-0.05, 0) is 38.7 Å². The van der Waals surface area contributed by atoms with E-state index < -0.39 is 0 Å². The lowest BCUT2D eigenvalue weighted by molar-refractivity contribution is 0.134. The van der Waals surface area contributed by atoms with E-state index in [4.69, 9.17) is 4.74 Å². The average molecular weight is 292 g/mol. The van der Waals surface area contributed by atoms with E-state index in [0.717, 1.165) is 24.1 Å². The molecular formula is C17H28N2O2. The van der Waals surface area contributed by atoms with E-state index in [1.807, 2.05) is 38.1 Å². The number of urea groups is 1. The molecule has 0 saturated heterocycles. The van der Waals surface area contributed by atoms with Gasteiger partial charge in [0, 0.05) is 23.9 Å². The molecule has 0 aliphatic rings. The first-order valence-corrected chi connectivity index (χ1v) is 7.76. The number of benzene rings is 1. The van der Waals surface area contributed by atoms with Crippen molar-refractivity contribution in [2.24, 2.45) is 5.92 Å². The van der Waals surface area contributed by atoms with Crippen molar-refractivity contribution in [3.8, 4) is 0 Å². The second-order valence-corrected chi connectivity index (χ2v) is 5.76. The maximum absolute atomic E-state index is 12.0. The van der Waals surface area contributed by atoms with Gasteiger partial charge in [-0.15, -0.1) is 0 Å². The zero-order valence-corrected chi connectivity index (χ0v) is 13.6. The number of carbonyl (C=O) groups excluding carboxylic acids is 1. The highest BCUT2D eigenvalue weighted by atomic mass is 16.5. The summed E-state index contributed by atoms with van der Waals surface area (Å²) in [6, 6.07) is 7.73. The van der Waals surface area contributed by atoms with Crippen molar-refractivity contribution in [2.45, 2.75) is 53.2 Å². The normalized spacial score (nSPS) is 12.2. The summed E-state index contributed by atoms with van der Waals surface area (Å²) in [7, 11) is 0. The van der Waals surface area contributed by atoms with Crippen LogP contribution in [0.4, 0.5) is 10.5 Å². The maximum atomic E-state index is 12.0. The van der Waals surface area contributed by atoms with Crippen LogP contribution in [-0.4, -0.2) is 18.7 Å². The van der Waals surface area contributed by atoms with E-state index >= 15 is 0 Å². The van der Waals surface area contributed by atoms with Gasteiger partial charge in [-0.2, -0.15) is 0 Å². The van der Waals surface area contributed by atoms with Crippen molar-refractivity contribution in [3.05, 3.63) is 29.8 Å². The predicted molar refractivity (Wildman–Crippen MR) is 87.5 cm³/mol. The van der Waals surface area contributed by atoms with Gasteiger partial charge >= 0.3 is 6.03 Å². The van der Waals surface area contributed by atoms with E-state index in [0.29, 0.717) is 19.1 Å². The third kappa shape index (κ3) is 7.14. The number of ether oxygens (including phenoxy) is 1. The highest BCUT2D eigenvalue weighted by Gasteiger charge is 2.10. The first-order chi connectivity index (χ1) is 10.0. The van der Waals surface area contributed by atoms with Gasteiger partial charge in [0.25, 0.3) is 0 Å². The Morgan fingerprint density at radius 2 is 1.90 bits per heavy atom. The highest BCUT2D eigenvalue weighted by Crippen LogP contribution is 2.16. The van der Waals surface area contributed by atoms with Crippen LogP contribution < -0.4 is 10.6 Å². The van der Waals surface area contributed by atoms with E-state index in [-0.39, 0.29) is 12.1 Å². The van der Waals surface area contributed by atoms with E-state index in [9.17, 15) is 4.79 Å². The third-order valence-corrected chi connectivity index (χ3v) is 3.28. The summed E-state index contributed by atoms with van der Waals surface area (Å²) in [5.41, 5.74) is 1.80. The van der Waals surface area contributed by atoms with Gasteiger partial charge < -0.3 is 15.4 Å². The van der Waals surface area contributed by atoms with Crippen molar-refractivity contribution >= 4 is 11.7 Å². The van der Waals surface area contributed by atoms with Gasteiger partial charge in [-0.1, -0.05) is 32.0 Å². The number of hydrogen-bond donors (Lipinski definition) is 2. The number of hydrogen-bond acceptors (Lipinski definition) is 2. The number of anilines is 1. The minimum absolute atomic E-state index is 0.157. The molecule has 1 aromatic carbocycles. The number of para-hydroxylation sites is 1. The molecule has 0 radical (unpaired) electrons. The molecule has 0 heterocycles. The maximum Gasteiger partial charge on any atom is 0.319 e. The molecule has 0 aliphatic carbocycles. The summed E-state index contributed by atoms with van der Waals surface area (Å²) >= 11 is 0. The average Bonchev–Trinajstić information content (AvgIpc) is 2.44. The van der Waals surface area contributed by atoms with Crippen molar-refractivity contribution < 1.29 is 9.53 Å². The highest BCUT2D eigenvalue weighted by molar-refractivity contribution is 5.90. The fraction of sp³-hybridized carbons (Fsp3) is 0.588. The number of amides is 2. The van der Waals surface area contributed by atoms with Crippen LogP contribution in [0.5, 0.6) is 0 Å². The van der Waals surface area contributed by atoms with Crippen molar-refractivity contribution in [1.29, 1.82) is 0 Å². The molecule has 2 N–H and O–H groups in total. The molecule has 0 fully saturated rings. The molecule has 0 spiro atoms. The second-order valence-electron chi connectivity index (χ2n) is 5.76. The topological polar surface area (TPSA) is 50.4 Å². The Kier molecular flexibility index (Phi) is 7.83. The molecule has 0 bridgehead atoms. The van der Waals surface area contributed by atoms with Crippen molar-refractivity contribution in [1.82, 2.24) is 5.32 Å². The number of carbonyl (C=O) groups is 1. The molecule has 21 heavy (non-hydrogen) atoms. The van der Waals surface area contributed by atoms with Crippen molar-refractivity contribution in [3.63, 3.8) is 0 Å². The van der Waals surface area contributed by atoms with E-state index in [1.165, 1.54) is 0 Å². The van der Waals surface area contributed by atoms with Crippen LogP contribution >= 0.6 is 0 Å². The van der Waals surface area contributed by atoms with E-state index in [1.54, 1.807) is 0 Å². The molecule has 1 unspecified atom stereocenters. The van der Waals surface area contributed by atoms with E-state index in [2.05, 4.69) is 24.5 Å². The Labute approximate surface area is 128 Å². The Morgan fingerprint density at radius 3 is 2.57 bits per heavy atom. The fourth-order valence-corrected chi connectivity index (χ4v) is 2.02. The first-order valence-electron chi connectivity index (χ1n) is 7.76. The molecule has 0 aromatic heterocycles. The quantitative estimate of drug-likeness (QED) is 0.755. The summed E-state index contributed by atoms with van der Waals surface area (Å²) in [6.07, 6.45) is 2.11. The van der Waals surface area contributed by atoms with Crippen LogP contribution in [0.1, 0.15) is 46.1 Å². The van der Waals surface area contributed by atoms with Gasteiger partial charge in [-0.25, -0.2) is 4.79 Å². The zero-order chi connectivity index (χ0) is 15.7. The molecule has 0 aliphatic heterocycles. The summed E-state index contributed by atoms with van der Waals surface area (Å²) in [5, 5.41) is 5.88. The lowest BCUT2D eigenvalue weighted by atomic mass is 10.0. The standard InChI is InChI=1S/C17H28N2O2/c1-5-21-12-15-8-6-7-9-16(15)19-17(20)18-14(4)11-10-13(2)3/h6-9,13-14H,5,10-12H2,1-4H3,(H2,18,19,20). The SMILES string of the molecule is CCOCc1ccccc1NC(=O)NC(C)CCC(C)C. The molecule has 0 saturated carbocycles. The van der Waals surface area contributed by atoms with Gasteiger partial charge in [0.15, 0.2) is 0 Å². The minimum atomic E-state index is -0.157. The Balaban J connectivity index is 2.50. The van der Waals surface area contributed by atoms with Crippen LogP contribution in [-0.2, 0) is 11.3 Å². The van der Waals surface area contributed by atoms with Gasteiger partial charge in [0.2, 0.25) is 0 Å². The molecule has 1 atom stereocenters. The van der Waals surface area contributed by atoms with Crippen LogP contribution in [0.3, 0.4) is 0 Å². The largest absolute Gasteiger partial charge is 0.377 e. The summed E-state index contributed by atoms with van der Waals surface area (Å²) in [4.78, 5) is 12.0. The lowest BCUT2D eigenvalue weighted by Gasteiger charge is -2.17. The number of rotatable bonds is 8. The number of nitrogens with one attached hydrogen (secondary N) is 2. The van der Waals surface area contributed by atoms with Gasteiger partial charge in [0.1, 0.15) is 0 Å². The summed E-state index contributed by atoms with van der Waals surface area (Å²) in [5.74, 6) is 0.657. The Hall–Kier alpha value is -1.55. The van der Waals surface area contributed by atoms with Crippen molar-refractivity contribution in [2.75, 3.05) is 11.9 Å².